The van der Waals surface area contributed by atoms with Crippen molar-refractivity contribution in [3.05, 3.63) is 94.0 Å². The lowest BCUT2D eigenvalue weighted by Crippen LogP contribution is -2.21. The van der Waals surface area contributed by atoms with Crippen LogP contribution in [0.2, 0.25) is 0 Å². The Kier molecular flexibility index (Phi) is 8.33. The van der Waals surface area contributed by atoms with Crippen LogP contribution in [0.4, 0.5) is 24.5 Å². The fourth-order valence-electron chi connectivity index (χ4n) is 3.38. The van der Waals surface area contributed by atoms with Crippen molar-refractivity contribution >= 4 is 23.3 Å². The Labute approximate surface area is 208 Å². The molecule has 0 amide bonds. The third-order valence-electron chi connectivity index (χ3n) is 5.37. The molecule has 3 aromatic carbocycles. The largest absolute Gasteiger partial charge is 0.490 e. The van der Waals surface area contributed by atoms with Gasteiger partial charge in [0.1, 0.15) is 11.5 Å². The topological polar surface area (TPSA) is 139 Å². The molecular formula is C25H21F3N2O7. The molecule has 0 aliphatic heterocycles. The minimum Gasteiger partial charge on any atom is -0.481 e. The molecule has 0 aromatic heterocycles. The average Bonchev–Trinajstić information content (AvgIpc) is 3.65. The summed E-state index contributed by atoms with van der Waals surface area (Å²) >= 11 is 0. The molecule has 0 bridgehead atoms. The van der Waals surface area contributed by atoms with Gasteiger partial charge in [-0.25, -0.2) is 4.79 Å². The van der Waals surface area contributed by atoms with Gasteiger partial charge in [-0.1, -0.05) is 24.3 Å². The van der Waals surface area contributed by atoms with Crippen molar-refractivity contribution < 1.29 is 42.6 Å². The summed E-state index contributed by atoms with van der Waals surface area (Å²) in [6, 6.07) is 21.4. The second-order valence-electron chi connectivity index (χ2n) is 8.07. The van der Waals surface area contributed by atoms with E-state index in [1.807, 2.05) is 48.5 Å². The van der Waals surface area contributed by atoms with Crippen LogP contribution in [0, 0.1) is 16.0 Å². The van der Waals surface area contributed by atoms with Gasteiger partial charge in [-0.15, -0.1) is 0 Å². The van der Waals surface area contributed by atoms with E-state index in [2.05, 4.69) is 5.32 Å². The second-order valence-corrected chi connectivity index (χ2v) is 8.07. The first-order chi connectivity index (χ1) is 17.4. The summed E-state index contributed by atoms with van der Waals surface area (Å²) in [6.45, 7) is 0.595. The second kappa shape index (κ2) is 11.4. The maximum Gasteiger partial charge on any atom is 0.490 e. The van der Waals surface area contributed by atoms with Gasteiger partial charge in [0.05, 0.1) is 10.8 Å². The number of nitrogens with zero attached hydrogens (tertiary/aromatic N) is 1. The standard InChI is InChI=1S/C23H20N2O5.C2HF3O2/c26-23(27)22-13-21(22)16-4-6-17(7-5-16)24-14-15-2-1-3-20(12-15)30-19-10-8-18(9-11-19)25(28)29;3-2(4,5)1(6)7/h1-12,21-22,24H,13-14H2,(H,26,27);(H,6,7)/t21-,22+;/m0./s1. The number of halogens is 3. The first kappa shape index (κ1) is 27.0. The van der Waals surface area contributed by atoms with Crippen LogP contribution in [-0.4, -0.2) is 33.3 Å². The summed E-state index contributed by atoms with van der Waals surface area (Å²) < 4.78 is 37.5. The Balaban J connectivity index is 0.000000479. The highest BCUT2D eigenvalue weighted by atomic mass is 19.4. The Morgan fingerprint density at radius 3 is 2.14 bits per heavy atom. The number of nitro groups is 1. The predicted octanol–water partition coefficient (Wildman–Crippen LogP) is 5.82. The summed E-state index contributed by atoms with van der Waals surface area (Å²) in [4.78, 5) is 30.2. The first-order valence-electron chi connectivity index (χ1n) is 10.8. The summed E-state index contributed by atoms with van der Waals surface area (Å²) in [5, 5.41) is 30.3. The van der Waals surface area contributed by atoms with Gasteiger partial charge >= 0.3 is 18.1 Å². The number of nitrogens with one attached hydrogen (secondary N) is 1. The third-order valence-corrected chi connectivity index (χ3v) is 5.37. The van der Waals surface area contributed by atoms with E-state index in [-0.39, 0.29) is 17.5 Å². The first-order valence-corrected chi connectivity index (χ1v) is 10.8. The number of anilines is 1. The van der Waals surface area contributed by atoms with E-state index < -0.39 is 23.0 Å². The number of hydrogen-bond donors (Lipinski definition) is 3. The van der Waals surface area contributed by atoms with E-state index in [1.165, 1.54) is 12.1 Å². The zero-order valence-corrected chi connectivity index (χ0v) is 19.0. The van der Waals surface area contributed by atoms with Gasteiger partial charge in [-0.05, 0) is 59.9 Å². The monoisotopic (exact) mass is 518 g/mol. The molecule has 3 aromatic rings. The number of benzene rings is 3. The summed E-state index contributed by atoms with van der Waals surface area (Å²) in [5.41, 5.74) is 3.05. The van der Waals surface area contributed by atoms with E-state index in [0.29, 0.717) is 24.5 Å². The smallest absolute Gasteiger partial charge is 0.481 e. The summed E-state index contributed by atoms with van der Waals surface area (Å²) in [5.74, 6) is -2.43. The van der Waals surface area contributed by atoms with Gasteiger partial charge in [-0.3, -0.25) is 14.9 Å². The Bertz CT molecular complexity index is 1260. The van der Waals surface area contributed by atoms with Crippen molar-refractivity contribution in [2.45, 2.75) is 25.1 Å². The highest BCUT2D eigenvalue weighted by molar-refractivity contribution is 5.75. The van der Waals surface area contributed by atoms with Crippen molar-refractivity contribution in [3.8, 4) is 11.5 Å². The van der Waals surface area contributed by atoms with Gasteiger partial charge in [-0.2, -0.15) is 13.2 Å². The molecule has 3 N–H and O–H groups in total. The van der Waals surface area contributed by atoms with Gasteiger partial charge in [0.15, 0.2) is 0 Å². The number of carbonyl (C=O) groups is 2. The van der Waals surface area contributed by atoms with E-state index in [0.717, 1.165) is 16.8 Å². The SMILES string of the molecule is O=C(O)C(F)(F)F.O=C(O)[C@@H]1C[C@H]1c1ccc(NCc2cccc(Oc3ccc([N+](=O)[O-])cc3)c2)cc1. The van der Waals surface area contributed by atoms with Crippen LogP contribution in [0.1, 0.15) is 23.5 Å². The maximum atomic E-state index is 11.0. The van der Waals surface area contributed by atoms with Crippen LogP contribution >= 0.6 is 0 Å². The zero-order chi connectivity index (χ0) is 27.2. The lowest BCUT2D eigenvalue weighted by Gasteiger charge is -2.10. The van der Waals surface area contributed by atoms with Crippen LogP contribution in [0.15, 0.2) is 72.8 Å². The minimum absolute atomic E-state index is 0.0199. The molecule has 0 spiro atoms. The molecule has 0 heterocycles. The third kappa shape index (κ3) is 7.95. The van der Waals surface area contributed by atoms with Crippen LogP contribution in [0.3, 0.4) is 0 Å². The van der Waals surface area contributed by atoms with Crippen LogP contribution in [0.5, 0.6) is 11.5 Å². The minimum atomic E-state index is -5.08. The molecule has 1 saturated carbocycles. The molecule has 1 aliphatic rings. The fraction of sp³-hybridized carbons (Fsp3) is 0.200. The molecular weight excluding hydrogens is 497 g/mol. The van der Waals surface area contributed by atoms with Crippen LogP contribution < -0.4 is 10.1 Å². The van der Waals surface area contributed by atoms with E-state index in [1.54, 1.807) is 12.1 Å². The lowest BCUT2D eigenvalue weighted by atomic mass is 10.1. The summed E-state index contributed by atoms with van der Waals surface area (Å²) in [7, 11) is 0. The van der Waals surface area contributed by atoms with E-state index >= 15 is 0 Å². The molecule has 194 valence electrons. The normalized spacial score (nSPS) is 16.1. The molecule has 0 saturated heterocycles. The van der Waals surface area contributed by atoms with Crippen molar-refractivity contribution in [1.82, 2.24) is 0 Å². The van der Waals surface area contributed by atoms with E-state index in [4.69, 9.17) is 19.7 Å². The van der Waals surface area contributed by atoms with Crippen molar-refractivity contribution in [2.24, 2.45) is 5.92 Å². The van der Waals surface area contributed by atoms with Crippen molar-refractivity contribution in [2.75, 3.05) is 5.32 Å². The van der Waals surface area contributed by atoms with Gasteiger partial charge in [0.25, 0.3) is 5.69 Å². The van der Waals surface area contributed by atoms with E-state index in [9.17, 15) is 28.1 Å². The highest BCUT2D eigenvalue weighted by Crippen LogP contribution is 2.47. The average molecular weight is 518 g/mol. The number of carboxylic acid groups (broad SMARTS) is 2. The highest BCUT2D eigenvalue weighted by Gasteiger charge is 2.44. The molecule has 12 heteroatoms. The maximum absolute atomic E-state index is 11.0. The quantitative estimate of drug-likeness (QED) is 0.250. The number of aliphatic carboxylic acids is 2. The van der Waals surface area contributed by atoms with Gasteiger partial charge < -0.3 is 20.3 Å². The molecule has 1 aliphatic carbocycles. The molecule has 0 radical (unpaired) electrons. The number of non-ortho nitro benzene ring substituents is 1. The zero-order valence-electron chi connectivity index (χ0n) is 19.0. The molecule has 4 rings (SSSR count). The molecule has 9 nitrogen and oxygen atoms in total. The number of hydrogen-bond acceptors (Lipinski definition) is 6. The molecule has 1 fully saturated rings. The van der Waals surface area contributed by atoms with Crippen LogP contribution in [-0.2, 0) is 16.1 Å². The van der Waals surface area contributed by atoms with Crippen LogP contribution in [0.25, 0.3) is 0 Å². The van der Waals surface area contributed by atoms with Crippen molar-refractivity contribution in [3.63, 3.8) is 0 Å². The summed E-state index contributed by atoms with van der Waals surface area (Å²) in [6.07, 6.45) is -4.37. The van der Waals surface area contributed by atoms with Crippen molar-refractivity contribution in [1.29, 1.82) is 0 Å². The molecule has 37 heavy (non-hydrogen) atoms. The fourth-order valence-corrected chi connectivity index (χ4v) is 3.38. The Morgan fingerprint density at radius 2 is 1.62 bits per heavy atom. The van der Waals surface area contributed by atoms with Gasteiger partial charge in [0, 0.05) is 24.4 Å². The number of alkyl halides is 3. The number of rotatable bonds is 8. The molecule has 0 unspecified atom stereocenters. The Hall–Kier alpha value is -4.61. The van der Waals surface area contributed by atoms with Gasteiger partial charge in [0.2, 0.25) is 0 Å². The Morgan fingerprint density at radius 1 is 1.00 bits per heavy atom. The molecule has 2 atom stereocenters. The predicted molar refractivity (Wildman–Crippen MR) is 126 cm³/mol. The number of nitro benzene ring substituents is 1. The number of carboxylic acids is 2. The lowest BCUT2D eigenvalue weighted by molar-refractivity contribution is -0.384. The number of ether oxygens (including phenoxy) is 1.